The zero-order chi connectivity index (χ0) is 17.3. The highest BCUT2D eigenvalue weighted by Crippen LogP contribution is 2.31. The Labute approximate surface area is 139 Å². The summed E-state index contributed by atoms with van der Waals surface area (Å²) in [5, 5.41) is 25.7. The number of aromatic nitrogens is 3. The molecule has 8 nitrogen and oxygen atoms in total. The molecule has 1 aliphatic carbocycles. The molecule has 0 bridgehead atoms. The topological polar surface area (TPSA) is 98.5 Å². The third-order valence-electron chi connectivity index (χ3n) is 4.87. The Balaban J connectivity index is 2.11. The van der Waals surface area contributed by atoms with Gasteiger partial charge in [0.15, 0.2) is 0 Å². The van der Waals surface area contributed by atoms with Crippen molar-refractivity contribution in [2.75, 3.05) is 0 Å². The lowest BCUT2D eigenvalue weighted by Crippen LogP contribution is -2.32. The average Bonchev–Trinajstić information content (AvgIpc) is 2.90. The molecule has 0 saturated heterocycles. The second-order valence-corrected chi connectivity index (χ2v) is 6.38. The van der Waals surface area contributed by atoms with E-state index < -0.39 is 10.7 Å². The van der Waals surface area contributed by atoms with Gasteiger partial charge >= 0.3 is 5.82 Å². The van der Waals surface area contributed by atoms with Gasteiger partial charge in [-0.15, -0.1) is 0 Å². The largest absolute Gasteiger partial charge is 0.438 e. The molecule has 1 aliphatic rings. The second-order valence-electron chi connectivity index (χ2n) is 6.38. The van der Waals surface area contributed by atoms with Crippen molar-refractivity contribution in [2.45, 2.75) is 39.2 Å². The molecule has 1 aromatic heterocycles. The van der Waals surface area contributed by atoms with Crippen LogP contribution >= 0.6 is 0 Å². The molecule has 1 N–H and O–H groups in total. The Morgan fingerprint density at radius 2 is 2.00 bits per heavy atom. The Bertz CT molecular complexity index is 796. The SMILES string of the molecule is C[C@@H]1[C@H](C)CCC[C@@H]1N=c1c([N+](=O)[O-])nn(-c2ccccc2)n1O. The van der Waals surface area contributed by atoms with Gasteiger partial charge in [0.05, 0.1) is 11.1 Å². The third kappa shape index (κ3) is 2.91. The van der Waals surface area contributed by atoms with Crippen molar-refractivity contribution in [2.24, 2.45) is 16.8 Å². The molecule has 128 valence electrons. The number of hydrogen-bond acceptors (Lipinski definition) is 5. The fraction of sp³-hybridized carbons (Fsp3) is 0.500. The summed E-state index contributed by atoms with van der Waals surface area (Å²) in [7, 11) is 0. The molecule has 3 atom stereocenters. The van der Waals surface area contributed by atoms with Crippen molar-refractivity contribution in [1.29, 1.82) is 0 Å². The maximum absolute atomic E-state index is 11.4. The van der Waals surface area contributed by atoms with Gasteiger partial charge in [-0.2, -0.15) is 0 Å². The zero-order valence-corrected chi connectivity index (χ0v) is 13.7. The van der Waals surface area contributed by atoms with Crippen LogP contribution in [0.1, 0.15) is 33.1 Å². The third-order valence-corrected chi connectivity index (χ3v) is 4.87. The molecule has 24 heavy (non-hydrogen) atoms. The minimum atomic E-state index is -0.609. The predicted molar refractivity (Wildman–Crippen MR) is 86.9 cm³/mol. The molecule has 2 aromatic rings. The van der Waals surface area contributed by atoms with Gasteiger partial charge in [0.1, 0.15) is 5.69 Å². The molecule has 0 unspecified atom stereocenters. The van der Waals surface area contributed by atoms with Crippen LogP contribution in [-0.4, -0.2) is 30.9 Å². The first kappa shape index (κ1) is 16.2. The first-order valence-electron chi connectivity index (χ1n) is 8.14. The smallest absolute Gasteiger partial charge is 0.409 e. The highest BCUT2D eigenvalue weighted by atomic mass is 16.6. The number of nitrogens with zero attached hydrogens (tertiary/aromatic N) is 5. The molecule has 1 aromatic carbocycles. The quantitative estimate of drug-likeness (QED) is 0.531. The van der Waals surface area contributed by atoms with E-state index in [0.29, 0.717) is 22.4 Å². The lowest BCUT2D eigenvalue weighted by molar-refractivity contribution is -0.391. The predicted octanol–water partition coefficient (Wildman–Crippen LogP) is 2.54. The van der Waals surface area contributed by atoms with Crippen LogP contribution in [0.4, 0.5) is 5.82 Å². The Hall–Kier alpha value is -2.64. The summed E-state index contributed by atoms with van der Waals surface area (Å²) in [5.74, 6) is 0.369. The number of nitro groups is 1. The Kier molecular flexibility index (Phi) is 4.37. The number of hydrogen-bond donors (Lipinski definition) is 1. The number of benzene rings is 1. The number of rotatable bonds is 3. The monoisotopic (exact) mass is 331 g/mol. The van der Waals surface area contributed by atoms with Crippen molar-refractivity contribution in [3.63, 3.8) is 0 Å². The molecule has 1 fully saturated rings. The standard InChI is InChI=1S/C16H21N5O3/c1-11-7-6-10-14(12(11)2)17-15-16(21(23)24)18-19(20(15)22)13-8-4-3-5-9-13/h3-5,8-9,11-12,14,22H,6-7,10H2,1-2H3/t11-,12-,14+/m1/s1. The highest BCUT2D eigenvalue weighted by Gasteiger charge is 2.30. The molecule has 0 aliphatic heterocycles. The van der Waals surface area contributed by atoms with E-state index in [1.165, 1.54) is 0 Å². The molecule has 0 amide bonds. The van der Waals surface area contributed by atoms with E-state index in [-0.39, 0.29) is 11.5 Å². The average molecular weight is 331 g/mol. The Morgan fingerprint density at radius 1 is 1.29 bits per heavy atom. The maximum Gasteiger partial charge on any atom is 0.438 e. The van der Waals surface area contributed by atoms with Crippen molar-refractivity contribution >= 4 is 5.82 Å². The molecule has 1 saturated carbocycles. The Morgan fingerprint density at radius 3 is 2.67 bits per heavy atom. The van der Waals surface area contributed by atoms with E-state index >= 15 is 0 Å². The van der Waals surface area contributed by atoms with Crippen molar-refractivity contribution < 1.29 is 10.1 Å². The van der Waals surface area contributed by atoms with E-state index in [9.17, 15) is 15.3 Å². The van der Waals surface area contributed by atoms with E-state index in [4.69, 9.17) is 0 Å². The lowest BCUT2D eigenvalue weighted by Gasteiger charge is -2.31. The van der Waals surface area contributed by atoms with Gasteiger partial charge in [0.25, 0.3) is 5.49 Å². The summed E-state index contributed by atoms with van der Waals surface area (Å²) in [4.78, 5) is 17.0. The molecule has 1 heterocycles. The molecular formula is C16H21N5O3. The second kappa shape index (κ2) is 6.46. The van der Waals surface area contributed by atoms with Gasteiger partial charge in [-0.3, -0.25) is 4.99 Å². The first-order chi connectivity index (χ1) is 11.5. The molecule has 0 spiro atoms. The van der Waals surface area contributed by atoms with Gasteiger partial charge in [0.2, 0.25) is 0 Å². The van der Waals surface area contributed by atoms with E-state index in [2.05, 4.69) is 23.9 Å². The minimum Gasteiger partial charge on any atom is -0.409 e. The summed E-state index contributed by atoms with van der Waals surface area (Å²) in [6, 6.07) is 8.71. The highest BCUT2D eigenvalue weighted by molar-refractivity contribution is 5.29. The van der Waals surface area contributed by atoms with Gasteiger partial charge in [-0.1, -0.05) is 49.7 Å². The van der Waals surface area contributed by atoms with Crippen LogP contribution in [0.3, 0.4) is 0 Å². The maximum atomic E-state index is 11.4. The summed E-state index contributed by atoms with van der Waals surface area (Å²) in [5.41, 5.74) is 0.421. The van der Waals surface area contributed by atoms with Crippen LogP contribution in [-0.2, 0) is 0 Å². The van der Waals surface area contributed by atoms with Crippen LogP contribution < -0.4 is 5.49 Å². The van der Waals surface area contributed by atoms with Gasteiger partial charge in [0, 0.05) is 0 Å². The van der Waals surface area contributed by atoms with Crippen LogP contribution in [0.2, 0.25) is 0 Å². The van der Waals surface area contributed by atoms with Crippen molar-refractivity contribution in [1.82, 2.24) is 14.7 Å². The van der Waals surface area contributed by atoms with Gasteiger partial charge < -0.3 is 15.3 Å². The zero-order valence-electron chi connectivity index (χ0n) is 13.7. The van der Waals surface area contributed by atoms with E-state index in [0.717, 1.165) is 24.1 Å². The van der Waals surface area contributed by atoms with E-state index in [1.807, 2.05) is 6.07 Å². The van der Waals surface area contributed by atoms with E-state index in [1.54, 1.807) is 24.3 Å². The lowest BCUT2D eigenvalue weighted by atomic mass is 9.78. The molecule has 0 radical (unpaired) electrons. The molecule has 3 rings (SSSR count). The fourth-order valence-electron chi connectivity index (χ4n) is 3.21. The summed E-state index contributed by atoms with van der Waals surface area (Å²) < 4.78 is 0. The van der Waals surface area contributed by atoms with Crippen molar-refractivity contribution in [3.8, 4) is 5.69 Å². The summed E-state index contributed by atoms with van der Waals surface area (Å²) in [6.07, 6.45) is 3.03. The van der Waals surface area contributed by atoms with Crippen LogP contribution in [0.15, 0.2) is 35.3 Å². The molecular weight excluding hydrogens is 310 g/mol. The van der Waals surface area contributed by atoms with Crippen LogP contribution in [0.5, 0.6) is 0 Å². The minimum absolute atomic E-state index is 0.0562. The number of para-hydroxylation sites is 1. The normalized spacial score (nSPS) is 24.9. The fourth-order valence-corrected chi connectivity index (χ4v) is 3.21. The van der Waals surface area contributed by atoms with Crippen LogP contribution in [0, 0.1) is 22.0 Å². The van der Waals surface area contributed by atoms with Gasteiger partial charge in [-0.05, 0) is 40.1 Å². The molecule has 8 heteroatoms. The van der Waals surface area contributed by atoms with Crippen LogP contribution in [0.25, 0.3) is 5.69 Å². The van der Waals surface area contributed by atoms with Gasteiger partial charge in [-0.25, -0.2) is 0 Å². The summed E-state index contributed by atoms with van der Waals surface area (Å²) in [6.45, 7) is 4.27. The first-order valence-corrected chi connectivity index (χ1v) is 8.14. The van der Waals surface area contributed by atoms with Crippen molar-refractivity contribution in [3.05, 3.63) is 45.9 Å². The summed E-state index contributed by atoms with van der Waals surface area (Å²) >= 11 is 0.